The molecular weight excluding hydrogens is 426 g/mol. The highest BCUT2D eigenvalue weighted by atomic mass is 19.3. The topological polar surface area (TPSA) is 114 Å². The van der Waals surface area contributed by atoms with Gasteiger partial charge in [0.2, 0.25) is 6.43 Å². The van der Waals surface area contributed by atoms with E-state index in [1.165, 1.54) is 0 Å². The van der Waals surface area contributed by atoms with Crippen LogP contribution in [0.2, 0.25) is 0 Å². The van der Waals surface area contributed by atoms with Gasteiger partial charge in [-0.1, -0.05) is 48.5 Å². The van der Waals surface area contributed by atoms with Crippen LogP contribution < -0.4 is 10.8 Å². The molecule has 0 saturated heterocycles. The average Bonchev–Trinajstić information content (AvgIpc) is 3.08. The Balaban J connectivity index is 1.63. The molecule has 2 aromatic carbocycles. The minimum Gasteiger partial charge on any atom is -0.479 e. The second-order valence-corrected chi connectivity index (χ2v) is 7.21. The van der Waals surface area contributed by atoms with Gasteiger partial charge in [-0.3, -0.25) is 9.63 Å². The number of hydrogen-bond donors (Lipinski definition) is 3. The van der Waals surface area contributed by atoms with Crippen molar-refractivity contribution in [2.24, 2.45) is 0 Å². The Kier molecular flexibility index (Phi) is 7.37. The number of alkyl halides is 2. The van der Waals surface area contributed by atoms with Gasteiger partial charge in [0.1, 0.15) is 12.6 Å². The van der Waals surface area contributed by atoms with Gasteiger partial charge >= 0.3 is 12.1 Å². The van der Waals surface area contributed by atoms with Crippen molar-refractivity contribution >= 4 is 18.0 Å². The van der Waals surface area contributed by atoms with Crippen LogP contribution in [0.25, 0.3) is 11.1 Å². The van der Waals surface area contributed by atoms with Crippen LogP contribution in [-0.2, 0) is 19.2 Å². The number of fused-ring (bicyclic) bond motifs is 3. The molecule has 0 saturated carbocycles. The molecule has 0 radical (unpaired) electrons. The summed E-state index contributed by atoms with van der Waals surface area (Å²) in [6.45, 7) is 1.08. The van der Waals surface area contributed by atoms with Gasteiger partial charge < -0.3 is 15.2 Å². The van der Waals surface area contributed by atoms with Gasteiger partial charge in [0, 0.05) is 12.3 Å². The monoisotopic (exact) mass is 448 g/mol. The maximum Gasteiger partial charge on any atom is 0.407 e. The SMILES string of the molecule is CC(ONC(=O)C(CC(F)F)NC(=O)OCC1c2ccccc2-c2ccccc21)C(=O)O. The van der Waals surface area contributed by atoms with E-state index in [0.29, 0.717) is 0 Å². The lowest BCUT2D eigenvalue weighted by Crippen LogP contribution is -2.49. The molecule has 170 valence electrons. The number of aliphatic carboxylic acids is 1. The normalized spacial score (nSPS) is 14.2. The van der Waals surface area contributed by atoms with E-state index in [2.05, 4.69) is 10.2 Å². The Bertz CT molecular complexity index is 954. The zero-order chi connectivity index (χ0) is 23.3. The average molecular weight is 448 g/mol. The van der Waals surface area contributed by atoms with Gasteiger partial charge in [-0.2, -0.15) is 0 Å². The molecule has 1 aliphatic rings. The van der Waals surface area contributed by atoms with Crippen molar-refractivity contribution < 1.29 is 37.8 Å². The summed E-state index contributed by atoms with van der Waals surface area (Å²) in [5, 5.41) is 10.8. The Labute approximate surface area is 182 Å². The summed E-state index contributed by atoms with van der Waals surface area (Å²) < 4.78 is 31.0. The second-order valence-electron chi connectivity index (χ2n) is 7.21. The van der Waals surface area contributed by atoms with Crippen LogP contribution in [0.3, 0.4) is 0 Å². The van der Waals surface area contributed by atoms with Gasteiger partial charge in [-0.15, -0.1) is 0 Å². The van der Waals surface area contributed by atoms with Gasteiger partial charge in [-0.05, 0) is 29.2 Å². The Morgan fingerprint density at radius 3 is 2.12 bits per heavy atom. The Morgan fingerprint density at radius 2 is 1.59 bits per heavy atom. The maximum absolute atomic E-state index is 12.9. The van der Waals surface area contributed by atoms with Crippen molar-refractivity contribution in [3.05, 3.63) is 59.7 Å². The number of rotatable bonds is 9. The number of halogens is 2. The van der Waals surface area contributed by atoms with Crippen LogP contribution in [0.15, 0.2) is 48.5 Å². The van der Waals surface area contributed by atoms with Crippen molar-refractivity contribution in [2.75, 3.05) is 6.61 Å². The molecular formula is C22H22F2N2O6. The summed E-state index contributed by atoms with van der Waals surface area (Å²) in [6, 6.07) is 13.7. The number of hydroxylamine groups is 1. The maximum atomic E-state index is 12.9. The fourth-order valence-electron chi connectivity index (χ4n) is 3.46. The van der Waals surface area contributed by atoms with E-state index in [1.54, 1.807) is 5.48 Å². The molecule has 8 nitrogen and oxygen atoms in total. The molecule has 0 aromatic heterocycles. The minimum atomic E-state index is -2.91. The molecule has 0 spiro atoms. The number of carboxylic acids is 1. The smallest absolute Gasteiger partial charge is 0.407 e. The number of carboxylic acid groups (broad SMARTS) is 1. The number of carbonyl (C=O) groups excluding carboxylic acids is 2. The minimum absolute atomic E-state index is 0.0601. The van der Waals surface area contributed by atoms with E-state index in [0.717, 1.165) is 29.2 Å². The van der Waals surface area contributed by atoms with E-state index in [9.17, 15) is 23.2 Å². The van der Waals surface area contributed by atoms with Crippen LogP contribution in [0.5, 0.6) is 0 Å². The lowest BCUT2D eigenvalue weighted by Gasteiger charge is -2.20. The van der Waals surface area contributed by atoms with E-state index in [-0.39, 0.29) is 12.5 Å². The molecule has 2 aromatic rings. The van der Waals surface area contributed by atoms with Crippen LogP contribution in [-0.4, -0.2) is 48.3 Å². The molecule has 2 unspecified atom stereocenters. The van der Waals surface area contributed by atoms with Gasteiger partial charge in [0.05, 0.1) is 0 Å². The summed E-state index contributed by atoms with van der Waals surface area (Å²) in [5.41, 5.74) is 5.77. The lowest BCUT2D eigenvalue weighted by molar-refractivity contribution is -0.159. The number of hydrogen-bond acceptors (Lipinski definition) is 5. The number of amides is 2. The van der Waals surface area contributed by atoms with E-state index in [1.807, 2.05) is 48.5 Å². The van der Waals surface area contributed by atoms with E-state index in [4.69, 9.17) is 9.84 Å². The number of alkyl carbamates (subject to hydrolysis) is 1. The van der Waals surface area contributed by atoms with Crippen molar-refractivity contribution in [2.45, 2.75) is 37.8 Å². The molecule has 32 heavy (non-hydrogen) atoms. The van der Waals surface area contributed by atoms with Crippen LogP contribution in [0.1, 0.15) is 30.4 Å². The highest BCUT2D eigenvalue weighted by Gasteiger charge is 2.30. The summed E-state index contributed by atoms with van der Waals surface area (Å²) in [7, 11) is 0. The number of ether oxygens (including phenoxy) is 1. The molecule has 1 aliphatic carbocycles. The summed E-state index contributed by atoms with van der Waals surface area (Å²) in [6.07, 6.45) is -6.36. The standard InChI is InChI=1S/C22H22F2N2O6/c1-12(21(28)29)32-26-20(27)18(10-19(23)24)25-22(30)31-11-17-15-8-4-2-6-13(15)14-7-3-5-9-16(14)17/h2-9,12,17-19H,10-11H2,1H3,(H,25,30)(H,26,27)(H,28,29). The first kappa shape index (κ1) is 23.1. The Morgan fingerprint density at radius 1 is 1.03 bits per heavy atom. The lowest BCUT2D eigenvalue weighted by atomic mass is 9.98. The van der Waals surface area contributed by atoms with Crippen molar-refractivity contribution in [3.8, 4) is 11.1 Å². The van der Waals surface area contributed by atoms with Crippen molar-refractivity contribution in [1.29, 1.82) is 0 Å². The van der Waals surface area contributed by atoms with E-state index < -0.39 is 43.0 Å². The summed E-state index contributed by atoms with van der Waals surface area (Å²) >= 11 is 0. The fourth-order valence-corrected chi connectivity index (χ4v) is 3.46. The molecule has 2 amide bonds. The number of nitrogens with one attached hydrogen (secondary N) is 2. The first-order valence-electron chi connectivity index (χ1n) is 9.86. The first-order chi connectivity index (χ1) is 15.3. The molecule has 0 heterocycles. The van der Waals surface area contributed by atoms with Crippen molar-refractivity contribution in [1.82, 2.24) is 10.8 Å². The van der Waals surface area contributed by atoms with Gasteiger partial charge in [-0.25, -0.2) is 23.9 Å². The summed E-state index contributed by atoms with van der Waals surface area (Å²) in [5.74, 6) is -2.72. The third-order valence-electron chi connectivity index (χ3n) is 5.05. The van der Waals surface area contributed by atoms with Crippen LogP contribution >= 0.6 is 0 Å². The second kappa shape index (κ2) is 10.2. The zero-order valence-electron chi connectivity index (χ0n) is 17.1. The molecule has 0 bridgehead atoms. The first-order valence-corrected chi connectivity index (χ1v) is 9.86. The molecule has 2 atom stereocenters. The molecule has 0 fully saturated rings. The predicted molar refractivity (Wildman–Crippen MR) is 109 cm³/mol. The fraction of sp³-hybridized carbons (Fsp3) is 0.318. The highest BCUT2D eigenvalue weighted by Crippen LogP contribution is 2.44. The Hall–Kier alpha value is -3.53. The van der Waals surface area contributed by atoms with Gasteiger partial charge in [0.15, 0.2) is 6.10 Å². The van der Waals surface area contributed by atoms with E-state index >= 15 is 0 Å². The molecule has 3 N–H and O–H groups in total. The third-order valence-corrected chi connectivity index (χ3v) is 5.05. The number of benzene rings is 2. The third kappa shape index (κ3) is 5.38. The summed E-state index contributed by atoms with van der Waals surface area (Å²) in [4.78, 5) is 39.7. The number of carbonyl (C=O) groups is 3. The van der Waals surface area contributed by atoms with Crippen LogP contribution in [0, 0.1) is 0 Å². The van der Waals surface area contributed by atoms with Crippen LogP contribution in [0.4, 0.5) is 13.6 Å². The highest BCUT2D eigenvalue weighted by molar-refractivity contribution is 5.85. The predicted octanol–water partition coefficient (Wildman–Crippen LogP) is 3.07. The largest absolute Gasteiger partial charge is 0.479 e. The quantitative estimate of drug-likeness (QED) is 0.508. The zero-order valence-corrected chi connectivity index (χ0v) is 17.1. The molecule has 0 aliphatic heterocycles. The molecule has 10 heteroatoms. The van der Waals surface area contributed by atoms with Crippen molar-refractivity contribution in [3.63, 3.8) is 0 Å². The molecule has 3 rings (SSSR count). The van der Waals surface area contributed by atoms with Gasteiger partial charge in [0.25, 0.3) is 5.91 Å².